The minimum atomic E-state index is -0.173. The van der Waals surface area contributed by atoms with Crippen molar-refractivity contribution < 1.29 is 9.90 Å². The fourth-order valence-electron chi connectivity index (χ4n) is 2.97. The van der Waals surface area contributed by atoms with Crippen LogP contribution in [0, 0.1) is 5.92 Å². The van der Waals surface area contributed by atoms with Crippen molar-refractivity contribution in [2.24, 2.45) is 5.92 Å². The summed E-state index contributed by atoms with van der Waals surface area (Å²) in [6.45, 7) is 3.61. The molecule has 2 rings (SSSR count). The lowest BCUT2D eigenvalue weighted by atomic mass is 9.98. The van der Waals surface area contributed by atoms with Crippen LogP contribution in [-0.2, 0) is 0 Å². The first-order chi connectivity index (χ1) is 9.54. The number of likely N-dealkylation sites (tertiary alicyclic amines) is 1. The lowest BCUT2D eigenvalue weighted by Crippen LogP contribution is -2.36. The molecule has 5 heteroatoms. The summed E-state index contributed by atoms with van der Waals surface area (Å²) >= 11 is 0. The van der Waals surface area contributed by atoms with E-state index in [1.807, 2.05) is 4.90 Å². The minimum Gasteiger partial charge on any atom is -0.505 e. The van der Waals surface area contributed by atoms with Crippen LogP contribution in [0.5, 0.6) is 5.75 Å². The highest BCUT2D eigenvalue weighted by molar-refractivity contribution is 5.95. The Bertz CT molecular complexity index is 476. The van der Waals surface area contributed by atoms with Crippen molar-refractivity contribution in [3.05, 3.63) is 24.0 Å². The third-order valence-corrected chi connectivity index (χ3v) is 4.01. The van der Waals surface area contributed by atoms with E-state index in [-0.39, 0.29) is 17.4 Å². The number of rotatable bonds is 4. The smallest absolute Gasteiger partial charge is 0.276 e. The van der Waals surface area contributed by atoms with Gasteiger partial charge < -0.3 is 14.9 Å². The molecule has 0 radical (unpaired) electrons. The molecule has 1 N–H and O–H groups in total. The topological polar surface area (TPSA) is 56.7 Å². The molecule has 0 aliphatic carbocycles. The highest BCUT2D eigenvalue weighted by Crippen LogP contribution is 2.27. The zero-order valence-corrected chi connectivity index (χ0v) is 12.4. The van der Waals surface area contributed by atoms with E-state index < -0.39 is 0 Å². The first kappa shape index (κ1) is 14.8. The SMILES string of the molecule is CCC[C@@H]1CN(C(=O)c2ncccc2O)C[C@H]1N(C)C. The number of carbonyl (C=O) groups is 1. The molecule has 0 saturated carbocycles. The molecule has 1 aliphatic rings. The van der Waals surface area contributed by atoms with Gasteiger partial charge in [-0.1, -0.05) is 13.3 Å². The van der Waals surface area contributed by atoms with Crippen LogP contribution >= 0.6 is 0 Å². The number of carbonyl (C=O) groups excluding carboxylic acids is 1. The van der Waals surface area contributed by atoms with Gasteiger partial charge in [0, 0.05) is 25.3 Å². The normalized spacial score (nSPS) is 22.5. The Balaban J connectivity index is 2.14. The average Bonchev–Trinajstić information content (AvgIpc) is 2.83. The van der Waals surface area contributed by atoms with Gasteiger partial charge in [0.2, 0.25) is 0 Å². The predicted octanol–water partition coefficient (Wildman–Crippen LogP) is 1.59. The molecule has 1 aromatic rings. The van der Waals surface area contributed by atoms with Crippen molar-refractivity contribution in [3.8, 4) is 5.75 Å². The largest absolute Gasteiger partial charge is 0.505 e. The number of aromatic hydroxyl groups is 1. The molecule has 2 atom stereocenters. The standard InChI is InChI=1S/C15H23N3O2/c1-4-6-11-9-18(10-12(11)17(2)3)15(20)14-13(19)7-5-8-16-14/h5,7-8,11-12,19H,4,6,9-10H2,1-3H3/t11-,12-/m1/s1. The van der Waals surface area contributed by atoms with Gasteiger partial charge in [-0.25, -0.2) is 4.98 Å². The summed E-state index contributed by atoms with van der Waals surface area (Å²) in [5, 5.41) is 9.77. The second-order valence-corrected chi connectivity index (χ2v) is 5.66. The lowest BCUT2D eigenvalue weighted by Gasteiger charge is -2.24. The lowest BCUT2D eigenvalue weighted by molar-refractivity contribution is 0.0771. The Morgan fingerprint density at radius 2 is 2.25 bits per heavy atom. The van der Waals surface area contributed by atoms with Crippen molar-refractivity contribution in [1.82, 2.24) is 14.8 Å². The van der Waals surface area contributed by atoms with E-state index in [0.29, 0.717) is 18.5 Å². The third-order valence-electron chi connectivity index (χ3n) is 4.01. The Labute approximate surface area is 120 Å². The van der Waals surface area contributed by atoms with Crippen LogP contribution in [0.25, 0.3) is 0 Å². The van der Waals surface area contributed by atoms with Gasteiger partial charge in [-0.05, 0) is 38.6 Å². The summed E-state index contributed by atoms with van der Waals surface area (Å²) in [5.74, 6) is 0.274. The van der Waals surface area contributed by atoms with Crippen LogP contribution in [0.4, 0.5) is 0 Å². The Hall–Kier alpha value is -1.62. The second kappa shape index (κ2) is 6.22. The average molecular weight is 277 g/mol. The second-order valence-electron chi connectivity index (χ2n) is 5.66. The van der Waals surface area contributed by atoms with E-state index in [1.54, 1.807) is 6.07 Å². The number of hydrogen-bond acceptors (Lipinski definition) is 4. The molecule has 20 heavy (non-hydrogen) atoms. The van der Waals surface area contributed by atoms with Crippen LogP contribution in [0.1, 0.15) is 30.3 Å². The van der Waals surface area contributed by atoms with Gasteiger partial charge in [0.25, 0.3) is 5.91 Å². The molecule has 1 saturated heterocycles. The molecule has 1 amide bonds. The Kier molecular flexibility index (Phi) is 4.60. The van der Waals surface area contributed by atoms with Crippen molar-refractivity contribution >= 4 is 5.91 Å². The first-order valence-corrected chi connectivity index (χ1v) is 7.14. The summed E-state index contributed by atoms with van der Waals surface area (Å²) < 4.78 is 0. The summed E-state index contributed by atoms with van der Waals surface area (Å²) in [6, 6.07) is 3.51. The van der Waals surface area contributed by atoms with Crippen LogP contribution in [0.2, 0.25) is 0 Å². The molecule has 0 aromatic carbocycles. The highest BCUT2D eigenvalue weighted by Gasteiger charge is 2.36. The summed E-state index contributed by atoms with van der Waals surface area (Å²) in [6.07, 6.45) is 3.77. The summed E-state index contributed by atoms with van der Waals surface area (Å²) in [4.78, 5) is 20.5. The molecule has 1 fully saturated rings. The molecule has 2 heterocycles. The molecule has 1 aromatic heterocycles. The minimum absolute atomic E-state index is 0.0437. The van der Waals surface area contributed by atoms with Crippen LogP contribution < -0.4 is 0 Å². The molecule has 0 bridgehead atoms. The molecule has 110 valence electrons. The van der Waals surface area contributed by atoms with Gasteiger partial charge >= 0.3 is 0 Å². The van der Waals surface area contributed by atoms with Crippen LogP contribution in [-0.4, -0.2) is 59.0 Å². The van der Waals surface area contributed by atoms with E-state index in [1.165, 1.54) is 12.3 Å². The monoisotopic (exact) mass is 277 g/mol. The number of hydrogen-bond donors (Lipinski definition) is 1. The van der Waals surface area contributed by atoms with E-state index in [0.717, 1.165) is 19.4 Å². The Morgan fingerprint density at radius 3 is 2.85 bits per heavy atom. The van der Waals surface area contributed by atoms with E-state index in [2.05, 4.69) is 30.9 Å². The maximum absolute atomic E-state index is 12.5. The van der Waals surface area contributed by atoms with Crippen molar-refractivity contribution in [2.75, 3.05) is 27.2 Å². The summed E-state index contributed by atoms with van der Waals surface area (Å²) in [5.41, 5.74) is 0.155. The van der Waals surface area contributed by atoms with Crippen LogP contribution in [0.3, 0.4) is 0 Å². The van der Waals surface area contributed by atoms with E-state index in [4.69, 9.17) is 0 Å². The van der Waals surface area contributed by atoms with Gasteiger partial charge in [-0.2, -0.15) is 0 Å². The van der Waals surface area contributed by atoms with Gasteiger partial charge in [0.15, 0.2) is 5.69 Å². The first-order valence-electron chi connectivity index (χ1n) is 7.14. The quantitative estimate of drug-likeness (QED) is 0.908. The van der Waals surface area contributed by atoms with Crippen molar-refractivity contribution in [2.45, 2.75) is 25.8 Å². The fourth-order valence-corrected chi connectivity index (χ4v) is 2.97. The zero-order chi connectivity index (χ0) is 14.7. The molecule has 0 spiro atoms. The third kappa shape index (κ3) is 2.93. The van der Waals surface area contributed by atoms with Crippen LogP contribution in [0.15, 0.2) is 18.3 Å². The van der Waals surface area contributed by atoms with Crippen molar-refractivity contribution in [1.29, 1.82) is 0 Å². The number of aromatic nitrogens is 1. The fraction of sp³-hybridized carbons (Fsp3) is 0.600. The molecule has 5 nitrogen and oxygen atoms in total. The predicted molar refractivity (Wildman–Crippen MR) is 77.7 cm³/mol. The number of nitrogens with zero attached hydrogens (tertiary/aromatic N) is 3. The maximum Gasteiger partial charge on any atom is 0.276 e. The highest BCUT2D eigenvalue weighted by atomic mass is 16.3. The van der Waals surface area contributed by atoms with Gasteiger partial charge in [0.1, 0.15) is 5.75 Å². The van der Waals surface area contributed by atoms with E-state index in [9.17, 15) is 9.90 Å². The van der Waals surface area contributed by atoms with Gasteiger partial charge in [-0.15, -0.1) is 0 Å². The number of amides is 1. The number of likely N-dealkylation sites (N-methyl/N-ethyl adjacent to an activating group) is 1. The zero-order valence-electron chi connectivity index (χ0n) is 12.4. The maximum atomic E-state index is 12.5. The summed E-state index contributed by atoms with van der Waals surface area (Å²) in [7, 11) is 4.11. The number of pyridine rings is 1. The molecular weight excluding hydrogens is 254 g/mol. The van der Waals surface area contributed by atoms with Crippen molar-refractivity contribution in [3.63, 3.8) is 0 Å². The molecule has 0 unspecified atom stereocenters. The Morgan fingerprint density at radius 1 is 1.50 bits per heavy atom. The van der Waals surface area contributed by atoms with E-state index >= 15 is 0 Å². The van der Waals surface area contributed by atoms with Gasteiger partial charge in [0.05, 0.1) is 0 Å². The van der Waals surface area contributed by atoms with Gasteiger partial charge in [-0.3, -0.25) is 4.79 Å². The molecular formula is C15H23N3O2. The molecule has 1 aliphatic heterocycles.